The van der Waals surface area contributed by atoms with E-state index in [1.165, 1.54) is 31.2 Å². The van der Waals surface area contributed by atoms with E-state index in [1.807, 2.05) is 16.4 Å². The van der Waals surface area contributed by atoms with E-state index >= 15 is 0 Å². The lowest BCUT2D eigenvalue weighted by atomic mass is 10.2. The first-order valence-corrected chi connectivity index (χ1v) is 6.69. The van der Waals surface area contributed by atoms with E-state index in [2.05, 4.69) is 5.10 Å². The van der Waals surface area contributed by atoms with Gasteiger partial charge in [0.1, 0.15) is 5.69 Å². The summed E-state index contributed by atoms with van der Waals surface area (Å²) in [7, 11) is 0. The number of hydrogen-bond donors (Lipinski definition) is 0. The fraction of sp³-hybridized carbons (Fsp3) is 0.636. The Hall–Kier alpha value is -0.770. The molecule has 1 saturated carbocycles. The predicted molar refractivity (Wildman–Crippen MR) is 60.1 cm³/mol. The van der Waals surface area contributed by atoms with Crippen molar-refractivity contribution in [2.45, 2.75) is 43.2 Å². The molecule has 0 amide bonds. The first-order valence-electron chi connectivity index (χ1n) is 5.53. The van der Waals surface area contributed by atoms with Crippen LogP contribution in [0.3, 0.4) is 0 Å². The van der Waals surface area contributed by atoms with Crippen LogP contribution in [0.1, 0.15) is 53.5 Å². The third-order valence-corrected chi connectivity index (χ3v) is 4.37. The zero-order valence-electron chi connectivity index (χ0n) is 8.61. The number of thioether (sulfide) groups is 1. The highest BCUT2D eigenvalue weighted by molar-refractivity contribution is 7.98. The Morgan fingerprint density at radius 3 is 2.87 bits per heavy atom. The van der Waals surface area contributed by atoms with Gasteiger partial charge in [-0.1, -0.05) is 12.8 Å². The second-order valence-corrected chi connectivity index (χ2v) is 5.29. The topological polar surface area (TPSA) is 34.9 Å². The Labute approximate surface area is 93.2 Å². The van der Waals surface area contributed by atoms with Crippen LogP contribution in [0.2, 0.25) is 0 Å². The summed E-state index contributed by atoms with van der Waals surface area (Å²) in [5.74, 6) is 1.95. The van der Waals surface area contributed by atoms with Crippen LogP contribution >= 0.6 is 11.8 Å². The van der Waals surface area contributed by atoms with Crippen LogP contribution in [-0.2, 0) is 11.5 Å². The van der Waals surface area contributed by atoms with Crippen LogP contribution in [-0.4, -0.2) is 16.1 Å². The first kappa shape index (κ1) is 9.46. The average molecular weight is 222 g/mol. The summed E-state index contributed by atoms with van der Waals surface area (Å²) in [5.41, 5.74) is 3.19. The molecule has 15 heavy (non-hydrogen) atoms. The summed E-state index contributed by atoms with van der Waals surface area (Å²) < 4.78 is 2.00. The smallest absolute Gasteiger partial charge is 0.168 e. The van der Waals surface area contributed by atoms with Crippen molar-refractivity contribution in [2.75, 3.05) is 0 Å². The second-order valence-electron chi connectivity index (χ2n) is 4.30. The highest BCUT2D eigenvalue weighted by Crippen LogP contribution is 2.36. The molecular formula is C11H14N2OS. The van der Waals surface area contributed by atoms with Gasteiger partial charge in [0.05, 0.1) is 11.7 Å². The van der Waals surface area contributed by atoms with Gasteiger partial charge < -0.3 is 0 Å². The van der Waals surface area contributed by atoms with Crippen LogP contribution in [0.5, 0.6) is 0 Å². The van der Waals surface area contributed by atoms with Gasteiger partial charge in [0.25, 0.3) is 0 Å². The fourth-order valence-corrected chi connectivity index (χ4v) is 3.65. The summed E-state index contributed by atoms with van der Waals surface area (Å²) in [6, 6.07) is 0.487. The number of aromatic nitrogens is 2. The number of rotatable bonds is 2. The lowest BCUT2D eigenvalue weighted by Gasteiger charge is -2.12. The maximum Gasteiger partial charge on any atom is 0.168 e. The van der Waals surface area contributed by atoms with Gasteiger partial charge in [-0.15, -0.1) is 0 Å². The zero-order chi connectivity index (χ0) is 10.3. The summed E-state index contributed by atoms with van der Waals surface area (Å²) in [6.07, 6.45) is 5.93. The van der Waals surface area contributed by atoms with E-state index in [0.717, 1.165) is 29.2 Å². The standard InChI is InChI=1S/C11H14N2OS/c14-5-11-9-6-15-7-10(9)12-13(11)8-3-1-2-4-8/h5,8H,1-4,6-7H2. The minimum Gasteiger partial charge on any atom is -0.296 e. The zero-order valence-corrected chi connectivity index (χ0v) is 9.42. The molecule has 1 fully saturated rings. The molecule has 3 rings (SSSR count). The van der Waals surface area contributed by atoms with Gasteiger partial charge >= 0.3 is 0 Å². The van der Waals surface area contributed by atoms with Crippen molar-refractivity contribution in [3.63, 3.8) is 0 Å². The van der Waals surface area contributed by atoms with E-state index in [9.17, 15) is 4.79 Å². The number of aldehydes is 1. The van der Waals surface area contributed by atoms with Crippen molar-refractivity contribution in [1.29, 1.82) is 0 Å². The Bertz CT molecular complexity index is 394. The molecule has 0 spiro atoms. The summed E-state index contributed by atoms with van der Waals surface area (Å²) in [4.78, 5) is 11.1. The Morgan fingerprint density at radius 1 is 1.33 bits per heavy atom. The Morgan fingerprint density at radius 2 is 2.13 bits per heavy atom. The molecule has 0 aromatic carbocycles. The largest absolute Gasteiger partial charge is 0.296 e. The summed E-state index contributed by atoms with van der Waals surface area (Å²) in [6.45, 7) is 0. The number of fused-ring (bicyclic) bond motifs is 1. The van der Waals surface area contributed by atoms with E-state index in [-0.39, 0.29) is 0 Å². The molecule has 80 valence electrons. The molecule has 0 unspecified atom stereocenters. The molecule has 0 saturated heterocycles. The van der Waals surface area contributed by atoms with E-state index < -0.39 is 0 Å². The quantitative estimate of drug-likeness (QED) is 0.721. The molecule has 0 radical (unpaired) electrons. The highest BCUT2D eigenvalue weighted by atomic mass is 32.2. The maximum absolute atomic E-state index is 11.1. The van der Waals surface area contributed by atoms with Crippen LogP contribution in [0.25, 0.3) is 0 Å². The molecule has 2 aliphatic rings. The molecule has 3 nitrogen and oxygen atoms in total. The SMILES string of the molecule is O=Cc1c2c(nn1C1CCCC1)CSC2. The van der Waals surface area contributed by atoms with Crippen molar-refractivity contribution < 1.29 is 4.79 Å². The Balaban J connectivity index is 2.03. The molecule has 1 aliphatic carbocycles. The van der Waals surface area contributed by atoms with Gasteiger partial charge in [0.15, 0.2) is 6.29 Å². The number of hydrogen-bond acceptors (Lipinski definition) is 3. The maximum atomic E-state index is 11.1. The van der Waals surface area contributed by atoms with Crippen molar-refractivity contribution >= 4 is 18.0 Å². The van der Waals surface area contributed by atoms with Crippen molar-refractivity contribution in [3.05, 3.63) is 17.0 Å². The van der Waals surface area contributed by atoms with Crippen LogP contribution in [0.4, 0.5) is 0 Å². The summed E-state index contributed by atoms with van der Waals surface area (Å²) >= 11 is 1.86. The third-order valence-electron chi connectivity index (χ3n) is 3.40. The van der Waals surface area contributed by atoms with Crippen LogP contribution in [0, 0.1) is 0 Å². The van der Waals surface area contributed by atoms with Gasteiger partial charge in [0, 0.05) is 17.1 Å². The predicted octanol–water partition coefficient (Wildman–Crippen LogP) is 2.56. The molecule has 1 aromatic rings. The molecule has 4 heteroatoms. The third kappa shape index (κ3) is 1.42. The summed E-state index contributed by atoms with van der Waals surface area (Å²) in [5, 5.41) is 4.61. The van der Waals surface area contributed by atoms with Crippen LogP contribution in [0.15, 0.2) is 0 Å². The van der Waals surface area contributed by atoms with Crippen molar-refractivity contribution in [2.24, 2.45) is 0 Å². The number of carbonyl (C=O) groups excluding carboxylic acids is 1. The second kappa shape index (κ2) is 3.67. The van der Waals surface area contributed by atoms with Gasteiger partial charge in [0.2, 0.25) is 0 Å². The fourth-order valence-electron chi connectivity index (χ4n) is 2.61. The van der Waals surface area contributed by atoms with Crippen molar-refractivity contribution in [3.8, 4) is 0 Å². The van der Waals surface area contributed by atoms with Gasteiger partial charge in [-0.25, -0.2) is 0 Å². The number of nitrogens with zero attached hydrogens (tertiary/aromatic N) is 2. The minimum absolute atomic E-state index is 0.487. The monoisotopic (exact) mass is 222 g/mol. The highest BCUT2D eigenvalue weighted by Gasteiger charge is 2.27. The molecule has 0 N–H and O–H groups in total. The van der Waals surface area contributed by atoms with E-state index in [1.54, 1.807) is 0 Å². The van der Waals surface area contributed by atoms with Crippen LogP contribution < -0.4 is 0 Å². The Kier molecular flexibility index (Phi) is 2.31. The van der Waals surface area contributed by atoms with E-state index in [0.29, 0.717) is 6.04 Å². The van der Waals surface area contributed by atoms with Crippen molar-refractivity contribution in [1.82, 2.24) is 9.78 Å². The molecule has 0 atom stereocenters. The van der Waals surface area contributed by atoms with Gasteiger partial charge in [-0.2, -0.15) is 16.9 Å². The normalized spacial score (nSPS) is 20.8. The van der Waals surface area contributed by atoms with Gasteiger partial charge in [-0.05, 0) is 12.8 Å². The van der Waals surface area contributed by atoms with E-state index in [4.69, 9.17) is 0 Å². The molecule has 0 bridgehead atoms. The first-order chi connectivity index (χ1) is 7.40. The number of carbonyl (C=O) groups is 1. The average Bonchev–Trinajstić information content (AvgIpc) is 2.93. The molecule has 1 aromatic heterocycles. The molecule has 2 heterocycles. The minimum atomic E-state index is 0.487. The molecule has 1 aliphatic heterocycles. The molecular weight excluding hydrogens is 208 g/mol. The lowest BCUT2D eigenvalue weighted by molar-refractivity contribution is 0.111. The van der Waals surface area contributed by atoms with Gasteiger partial charge in [-0.3, -0.25) is 9.48 Å². The lowest BCUT2D eigenvalue weighted by Crippen LogP contribution is -2.11.